The van der Waals surface area contributed by atoms with Crippen LogP contribution in [0.3, 0.4) is 0 Å². The minimum absolute atomic E-state index is 0.0887. The van der Waals surface area contributed by atoms with E-state index in [1.807, 2.05) is 0 Å². The van der Waals surface area contributed by atoms with Gasteiger partial charge in [-0.3, -0.25) is 9.89 Å². The molecule has 5 N–H and O–H groups in total. The maximum Gasteiger partial charge on any atom is 0.251 e. The molecule has 15 heavy (non-hydrogen) atoms. The molecule has 0 aliphatic carbocycles. The van der Waals surface area contributed by atoms with Crippen LogP contribution >= 0.6 is 0 Å². The molecular weight excluding hydrogens is 202 g/mol. The maximum absolute atomic E-state index is 11.1. The molecule has 0 saturated heterocycles. The normalized spacial score (nSPS) is 11.4. The largest absolute Gasteiger partial charge is 0.409 e. The van der Waals surface area contributed by atoms with Crippen molar-refractivity contribution in [3.8, 4) is 0 Å². The maximum atomic E-state index is 11.1. The third-order valence-electron chi connectivity index (χ3n) is 1.56. The van der Waals surface area contributed by atoms with E-state index in [9.17, 15) is 4.79 Å². The standard InChI is InChI=1S/C7H11N5O3/c1-15-3-5(13)10-7-4(2-9-11-7)6(8)12-14/h2,14H,3H2,1H3,(H2,8,12)(H2,9,10,11,13). The Kier molecular flexibility index (Phi) is 3.63. The summed E-state index contributed by atoms with van der Waals surface area (Å²) in [6, 6.07) is 0. The zero-order valence-corrected chi connectivity index (χ0v) is 8.02. The van der Waals surface area contributed by atoms with Crippen LogP contribution < -0.4 is 11.1 Å². The van der Waals surface area contributed by atoms with Gasteiger partial charge in [0.15, 0.2) is 5.84 Å². The number of oxime groups is 1. The van der Waals surface area contributed by atoms with Gasteiger partial charge in [-0.05, 0) is 0 Å². The summed E-state index contributed by atoms with van der Waals surface area (Å²) in [5.74, 6) is -0.252. The summed E-state index contributed by atoms with van der Waals surface area (Å²) in [5, 5.41) is 19.9. The second-order valence-electron chi connectivity index (χ2n) is 2.63. The number of nitrogens with two attached hydrogens (primary N) is 1. The van der Waals surface area contributed by atoms with Gasteiger partial charge in [0.25, 0.3) is 5.91 Å². The molecule has 82 valence electrons. The van der Waals surface area contributed by atoms with Gasteiger partial charge in [0.2, 0.25) is 0 Å². The summed E-state index contributed by atoms with van der Waals surface area (Å²) in [4.78, 5) is 11.1. The molecule has 0 atom stereocenters. The summed E-state index contributed by atoms with van der Waals surface area (Å²) in [6.07, 6.45) is 1.33. The highest BCUT2D eigenvalue weighted by atomic mass is 16.5. The number of carbonyl (C=O) groups excluding carboxylic acids is 1. The Morgan fingerprint density at radius 3 is 3.20 bits per heavy atom. The van der Waals surface area contributed by atoms with E-state index in [4.69, 9.17) is 10.9 Å². The lowest BCUT2D eigenvalue weighted by Gasteiger charge is -2.03. The number of hydrogen-bond donors (Lipinski definition) is 4. The summed E-state index contributed by atoms with van der Waals surface area (Å²) in [5.41, 5.74) is 5.65. The molecule has 0 aromatic carbocycles. The second-order valence-corrected chi connectivity index (χ2v) is 2.63. The van der Waals surface area contributed by atoms with Crippen molar-refractivity contribution >= 4 is 17.6 Å². The quantitative estimate of drug-likeness (QED) is 0.223. The monoisotopic (exact) mass is 213 g/mol. The zero-order valence-electron chi connectivity index (χ0n) is 8.02. The van der Waals surface area contributed by atoms with Crippen molar-refractivity contribution in [1.29, 1.82) is 0 Å². The molecule has 0 spiro atoms. The third-order valence-corrected chi connectivity index (χ3v) is 1.56. The van der Waals surface area contributed by atoms with Crippen LogP contribution in [0.5, 0.6) is 0 Å². The van der Waals surface area contributed by atoms with Crippen molar-refractivity contribution in [2.75, 3.05) is 19.0 Å². The number of ether oxygens (including phenoxy) is 1. The molecule has 0 unspecified atom stereocenters. The average Bonchev–Trinajstić information content (AvgIpc) is 2.65. The molecule has 1 heterocycles. The van der Waals surface area contributed by atoms with Crippen LogP contribution in [0.25, 0.3) is 0 Å². The van der Waals surface area contributed by atoms with E-state index in [1.54, 1.807) is 0 Å². The number of rotatable bonds is 4. The molecule has 8 heteroatoms. The summed E-state index contributed by atoms with van der Waals surface area (Å²) in [7, 11) is 1.40. The fraction of sp³-hybridized carbons (Fsp3) is 0.286. The van der Waals surface area contributed by atoms with Gasteiger partial charge in [-0.1, -0.05) is 5.16 Å². The van der Waals surface area contributed by atoms with Crippen molar-refractivity contribution in [3.63, 3.8) is 0 Å². The highest BCUT2D eigenvalue weighted by molar-refractivity contribution is 6.04. The van der Waals surface area contributed by atoms with Gasteiger partial charge in [0.1, 0.15) is 12.4 Å². The minimum Gasteiger partial charge on any atom is -0.409 e. The number of anilines is 1. The Balaban J connectivity index is 2.78. The molecule has 0 radical (unpaired) electrons. The van der Waals surface area contributed by atoms with Crippen molar-refractivity contribution in [1.82, 2.24) is 10.2 Å². The molecule has 1 aromatic rings. The van der Waals surface area contributed by atoms with Crippen LogP contribution in [-0.2, 0) is 9.53 Å². The highest BCUT2D eigenvalue weighted by Crippen LogP contribution is 2.09. The fourth-order valence-corrected chi connectivity index (χ4v) is 0.936. The smallest absolute Gasteiger partial charge is 0.251 e. The Morgan fingerprint density at radius 1 is 1.87 bits per heavy atom. The van der Waals surface area contributed by atoms with Gasteiger partial charge in [-0.25, -0.2) is 0 Å². The molecule has 1 aromatic heterocycles. The van der Waals surface area contributed by atoms with Crippen LogP contribution in [0.4, 0.5) is 5.82 Å². The molecule has 0 saturated carbocycles. The molecule has 0 bridgehead atoms. The van der Waals surface area contributed by atoms with Crippen molar-refractivity contribution in [2.45, 2.75) is 0 Å². The number of nitrogens with zero attached hydrogens (tertiary/aromatic N) is 2. The fourth-order valence-electron chi connectivity index (χ4n) is 0.936. The van der Waals surface area contributed by atoms with E-state index < -0.39 is 0 Å². The Bertz CT molecular complexity index is 372. The van der Waals surface area contributed by atoms with E-state index >= 15 is 0 Å². The molecule has 0 aliphatic rings. The number of amidine groups is 1. The van der Waals surface area contributed by atoms with Crippen LogP contribution in [-0.4, -0.2) is 40.9 Å². The lowest BCUT2D eigenvalue weighted by molar-refractivity contribution is -0.119. The number of aromatic amines is 1. The minimum atomic E-state index is -0.367. The first-order valence-corrected chi connectivity index (χ1v) is 3.99. The van der Waals surface area contributed by atoms with E-state index in [-0.39, 0.29) is 24.2 Å². The number of nitrogens with one attached hydrogen (secondary N) is 2. The molecule has 8 nitrogen and oxygen atoms in total. The van der Waals surface area contributed by atoms with Crippen LogP contribution in [0.2, 0.25) is 0 Å². The van der Waals surface area contributed by atoms with Crippen molar-refractivity contribution < 1.29 is 14.7 Å². The predicted molar refractivity (Wildman–Crippen MR) is 51.6 cm³/mol. The first-order chi connectivity index (χ1) is 7.19. The molecular formula is C7H11N5O3. The summed E-state index contributed by atoms with van der Waals surface area (Å²) >= 11 is 0. The van der Waals surface area contributed by atoms with Crippen molar-refractivity contribution in [3.05, 3.63) is 11.8 Å². The number of hydrogen-bond acceptors (Lipinski definition) is 5. The lowest BCUT2D eigenvalue weighted by atomic mass is 10.3. The Morgan fingerprint density at radius 2 is 2.60 bits per heavy atom. The molecule has 1 rings (SSSR count). The number of amides is 1. The summed E-state index contributed by atoms with van der Waals surface area (Å²) < 4.78 is 4.62. The van der Waals surface area contributed by atoms with E-state index in [0.717, 1.165) is 0 Å². The van der Waals surface area contributed by atoms with Crippen molar-refractivity contribution in [2.24, 2.45) is 10.9 Å². The number of methoxy groups -OCH3 is 1. The average molecular weight is 213 g/mol. The topological polar surface area (TPSA) is 126 Å². The zero-order chi connectivity index (χ0) is 11.3. The Hall–Kier alpha value is -2.09. The van der Waals surface area contributed by atoms with Gasteiger partial charge in [0.05, 0.1) is 11.8 Å². The number of carbonyl (C=O) groups is 1. The number of aromatic nitrogens is 2. The number of H-pyrrole nitrogens is 1. The first-order valence-electron chi connectivity index (χ1n) is 3.99. The second kappa shape index (κ2) is 4.96. The Labute approximate surface area is 85.1 Å². The summed E-state index contributed by atoms with van der Waals surface area (Å²) in [6.45, 7) is -0.0887. The predicted octanol–water partition coefficient (Wildman–Crippen LogP) is -0.911. The highest BCUT2D eigenvalue weighted by Gasteiger charge is 2.11. The molecule has 0 aliphatic heterocycles. The van der Waals surface area contributed by atoms with Gasteiger partial charge in [-0.15, -0.1) is 0 Å². The van der Waals surface area contributed by atoms with Gasteiger partial charge < -0.3 is 21.0 Å². The van der Waals surface area contributed by atoms with Crippen LogP contribution in [0.1, 0.15) is 5.56 Å². The van der Waals surface area contributed by atoms with Crippen LogP contribution in [0, 0.1) is 0 Å². The van der Waals surface area contributed by atoms with E-state index in [2.05, 4.69) is 25.4 Å². The lowest BCUT2D eigenvalue weighted by Crippen LogP contribution is -2.21. The van der Waals surface area contributed by atoms with Gasteiger partial charge in [0, 0.05) is 7.11 Å². The van der Waals surface area contributed by atoms with E-state index in [0.29, 0.717) is 5.56 Å². The molecule has 1 amide bonds. The first kappa shape index (κ1) is 11.0. The van der Waals surface area contributed by atoms with E-state index in [1.165, 1.54) is 13.3 Å². The third kappa shape index (κ3) is 2.68. The van der Waals surface area contributed by atoms with Gasteiger partial charge >= 0.3 is 0 Å². The SMILES string of the molecule is COCC(=O)Nc1[nH]ncc1C(N)=NO. The van der Waals surface area contributed by atoms with Gasteiger partial charge in [-0.2, -0.15) is 5.10 Å². The van der Waals surface area contributed by atoms with Crippen LogP contribution in [0.15, 0.2) is 11.4 Å². The molecule has 0 fully saturated rings.